The van der Waals surface area contributed by atoms with E-state index in [1.165, 1.54) is 34.9 Å². The van der Waals surface area contributed by atoms with Crippen LogP contribution in [-0.4, -0.2) is 39.2 Å². The van der Waals surface area contributed by atoms with Crippen LogP contribution in [0.4, 0.5) is 5.69 Å². The fourth-order valence-corrected chi connectivity index (χ4v) is 3.38. The van der Waals surface area contributed by atoms with Crippen LogP contribution in [0.1, 0.15) is 15.9 Å². The SMILES string of the molecule is CN1C(=O)C(=Cc2ccc(O)c(Cl)c2)SC1=Nc1ccc(C(=O)O)cc1. The van der Waals surface area contributed by atoms with Crippen LogP contribution >= 0.6 is 23.4 Å². The number of hydrogen-bond acceptors (Lipinski definition) is 5. The number of carboxylic acids is 1. The average molecular weight is 389 g/mol. The Morgan fingerprint density at radius 1 is 1.23 bits per heavy atom. The first-order valence-corrected chi connectivity index (χ1v) is 8.63. The molecule has 2 aromatic carbocycles. The molecule has 1 heterocycles. The summed E-state index contributed by atoms with van der Waals surface area (Å²) in [5, 5.41) is 19.1. The predicted octanol–water partition coefficient (Wildman–Crippen LogP) is 3.98. The quantitative estimate of drug-likeness (QED) is 0.776. The molecule has 6 nitrogen and oxygen atoms in total. The number of amidine groups is 1. The monoisotopic (exact) mass is 388 g/mol. The number of carbonyl (C=O) groups excluding carboxylic acids is 1. The van der Waals surface area contributed by atoms with Crippen molar-refractivity contribution in [3.8, 4) is 5.75 Å². The molecule has 2 N–H and O–H groups in total. The Morgan fingerprint density at radius 3 is 2.54 bits per heavy atom. The van der Waals surface area contributed by atoms with Gasteiger partial charge in [-0.15, -0.1) is 0 Å². The number of aliphatic imine (C=N–C) groups is 1. The highest BCUT2D eigenvalue weighted by atomic mass is 35.5. The van der Waals surface area contributed by atoms with Gasteiger partial charge in [0, 0.05) is 7.05 Å². The zero-order valence-corrected chi connectivity index (χ0v) is 15.1. The van der Waals surface area contributed by atoms with Crippen molar-refractivity contribution < 1.29 is 19.8 Å². The molecule has 0 spiro atoms. The molecule has 132 valence electrons. The molecular formula is C18H13ClN2O4S. The lowest BCUT2D eigenvalue weighted by molar-refractivity contribution is -0.121. The molecule has 1 saturated heterocycles. The number of amides is 1. The van der Waals surface area contributed by atoms with Gasteiger partial charge in [0.1, 0.15) is 5.75 Å². The molecule has 0 saturated carbocycles. The predicted molar refractivity (Wildman–Crippen MR) is 102 cm³/mol. The van der Waals surface area contributed by atoms with Gasteiger partial charge in [-0.25, -0.2) is 9.79 Å². The minimum Gasteiger partial charge on any atom is -0.506 e. The van der Waals surface area contributed by atoms with E-state index in [0.717, 1.165) is 0 Å². The minimum atomic E-state index is -1.01. The number of aromatic hydroxyl groups is 1. The van der Waals surface area contributed by atoms with Crippen LogP contribution in [-0.2, 0) is 4.79 Å². The van der Waals surface area contributed by atoms with E-state index in [2.05, 4.69) is 4.99 Å². The molecular weight excluding hydrogens is 376 g/mol. The standard InChI is InChI=1S/C18H13ClN2O4S/c1-21-16(23)15(9-10-2-7-14(22)13(19)8-10)26-18(21)20-12-5-3-11(4-6-12)17(24)25/h2-9,22H,1H3,(H,24,25). The van der Waals surface area contributed by atoms with E-state index in [-0.39, 0.29) is 22.2 Å². The smallest absolute Gasteiger partial charge is 0.335 e. The van der Waals surface area contributed by atoms with Gasteiger partial charge in [0.05, 0.1) is 21.2 Å². The Balaban J connectivity index is 1.87. The van der Waals surface area contributed by atoms with Crippen molar-refractivity contribution in [1.29, 1.82) is 0 Å². The molecule has 8 heteroatoms. The summed E-state index contributed by atoms with van der Waals surface area (Å²) in [6, 6.07) is 10.8. The number of aromatic carboxylic acids is 1. The molecule has 0 unspecified atom stereocenters. The van der Waals surface area contributed by atoms with Gasteiger partial charge in [0.15, 0.2) is 5.17 Å². The van der Waals surface area contributed by atoms with Gasteiger partial charge in [-0.3, -0.25) is 9.69 Å². The highest BCUT2D eigenvalue weighted by Gasteiger charge is 2.30. The van der Waals surface area contributed by atoms with Gasteiger partial charge in [-0.2, -0.15) is 0 Å². The number of hydrogen-bond donors (Lipinski definition) is 2. The first-order chi connectivity index (χ1) is 12.3. The van der Waals surface area contributed by atoms with Crippen molar-refractivity contribution in [1.82, 2.24) is 4.90 Å². The van der Waals surface area contributed by atoms with Crippen LogP contribution < -0.4 is 0 Å². The topological polar surface area (TPSA) is 90.2 Å². The molecule has 0 atom stereocenters. The molecule has 0 bridgehead atoms. The highest BCUT2D eigenvalue weighted by molar-refractivity contribution is 8.18. The van der Waals surface area contributed by atoms with Crippen LogP contribution in [0.25, 0.3) is 6.08 Å². The number of thioether (sulfide) groups is 1. The number of rotatable bonds is 3. The van der Waals surface area contributed by atoms with Crippen molar-refractivity contribution in [2.45, 2.75) is 0 Å². The lowest BCUT2D eigenvalue weighted by Crippen LogP contribution is -2.23. The lowest BCUT2D eigenvalue weighted by Gasteiger charge is -2.07. The van der Waals surface area contributed by atoms with Crippen molar-refractivity contribution in [3.05, 3.63) is 63.5 Å². The second-order valence-electron chi connectivity index (χ2n) is 5.43. The molecule has 1 aliphatic heterocycles. The van der Waals surface area contributed by atoms with E-state index >= 15 is 0 Å². The number of benzene rings is 2. The van der Waals surface area contributed by atoms with Gasteiger partial charge in [0.25, 0.3) is 5.91 Å². The number of phenols is 1. The van der Waals surface area contributed by atoms with E-state index in [4.69, 9.17) is 16.7 Å². The number of phenolic OH excluding ortho intramolecular Hbond substituents is 1. The second kappa shape index (κ2) is 7.23. The zero-order chi connectivity index (χ0) is 18.8. The molecule has 0 radical (unpaired) electrons. The number of halogens is 1. The Labute approximate surface area is 158 Å². The summed E-state index contributed by atoms with van der Waals surface area (Å²) < 4.78 is 0. The third-order valence-electron chi connectivity index (χ3n) is 3.61. The van der Waals surface area contributed by atoms with E-state index in [9.17, 15) is 14.7 Å². The second-order valence-corrected chi connectivity index (χ2v) is 6.85. The fourth-order valence-electron chi connectivity index (χ4n) is 2.20. The average Bonchev–Trinajstić information content (AvgIpc) is 2.87. The fraction of sp³-hybridized carbons (Fsp3) is 0.0556. The minimum absolute atomic E-state index is 0.0246. The van der Waals surface area contributed by atoms with Gasteiger partial charge in [0.2, 0.25) is 0 Å². The number of nitrogens with zero attached hydrogens (tertiary/aromatic N) is 2. The maximum atomic E-state index is 12.4. The molecule has 1 aliphatic rings. The molecule has 2 aromatic rings. The van der Waals surface area contributed by atoms with Gasteiger partial charge in [-0.05, 0) is 59.8 Å². The summed E-state index contributed by atoms with van der Waals surface area (Å²) >= 11 is 7.09. The lowest BCUT2D eigenvalue weighted by atomic mass is 10.2. The first-order valence-electron chi connectivity index (χ1n) is 7.43. The first kappa shape index (κ1) is 18.0. The third kappa shape index (κ3) is 3.74. The summed E-state index contributed by atoms with van der Waals surface area (Å²) in [7, 11) is 1.62. The van der Waals surface area contributed by atoms with Gasteiger partial charge in [-0.1, -0.05) is 17.7 Å². The Hall–Kier alpha value is -2.77. The number of carbonyl (C=O) groups is 2. The molecule has 1 fully saturated rings. The van der Waals surface area contributed by atoms with Crippen LogP contribution in [0.15, 0.2) is 52.4 Å². The van der Waals surface area contributed by atoms with E-state index in [1.54, 1.807) is 37.4 Å². The van der Waals surface area contributed by atoms with Crippen molar-refractivity contribution >= 4 is 52.2 Å². The summed E-state index contributed by atoms with van der Waals surface area (Å²) in [6.07, 6.45) is 1.67. The van der Waals surface area contributed by atoms with Crippen LogP contribution in [0.2, 0.25) is 5.02 Å². The van der Waals surface area contributed by atoms with Gasteiger partial charge >= 0.3 is 5.97 Å². The van der Waals surface area contributed by atoms with E-state index < -0.39 is 5.97 Å². The molecule has 0 aromatic heterocycles. The van der Waals surface area contributed by atoms with Gasteiger partial charge < -0.3 is 10.2 Å². The summed E-state index contributed by atoms with van der Waals surface area (Å²) in [6.45, 7) is 0. The number of carboxylic acid groups (broad SMARTS) is 1. The molecule has 3 rings (SSSR count). The van der Waals surface area contributed by atoms with E-state index in [0.29, 0.717) is 21.3 Å². The summed E-state index contributed by atoms with van der Waals surface area (Å²) in [5.41, 5.74) is 1.40. The zero-order valence-electron chi connectivity index (χ0n) is 13.5. The number of likely N-dealkylation sites (N-methyl/N-ethyl adjacent to an activating group) is 1. The molecule has 1 amide bonds. The maximum Gasteiger partial charge on any atom is 0.335 e. The normalized spacial score (nSPS) is 17.3. The Kier molecular flexibility index (Phi) is 5.01. The Bertz CT molecular complexity index is 954. The molecule has 0 aliphatic carbocycles. The summed E-state index contributed by atoms with van der Waals surface area (Å²) in [5.74, 6) is -1.24. The summed E-state index contributed by atoms with van der Waals surface area (Å²) in [4.78, 5) is 29.6. The van der Waals surface area contributed by atoms with Crippen molar-refractivity contribution in [3.63, 3.8) is 0 Å². The van der Waals surface area contributed by atoms with Crippen LogP contribution in [0, 0.1) is 0 Å². The highest BCUT2D eigenvalue weighted by Crippen LogP contribution is 2.34. The maximum absolute atomic E-state index is 12.4. The van der Waals surface area contributed by atoms with E-state index in [1.807, 2.05) is 0 Å². The van der Waals surface area contributed by atoms with Crippen molar-refractivity contribution in [2.24, 2.45) is 4.99 Å². The molecule has 26 heavy (non-hydrogen) atoms. The van der Waals surface area contributed by atoms with Crippen LogP contribution in [0.5, 0.6) is 5.75 Å². The van der Waals surface area contributed by atoms with Crippen molar-refractivity contribution in [2.75, 3.05) is 7.05 Å². The largest absolute Gasteiger partial charge is 0.506 e. The van der Waals surface area contributed by atoms with Crippen LogP contribution in [0.3, 0.4) is 0 Å². The third-order valence-corrected chi connectivity index (χ3v) is 4.97. The Morgan fingerprint density at radius 2 is 1.92 bits per heavy atom.